The van der Waals surface area contributed by atoms with Gasteiger partial charge in [-0.3, -0.25) is 9.78 Å². The molecule has 0 aliphatic heterocycles. The zero-order valence-electron chi connectivity index (χ0n) is 23.6. The summed E-state index contributed by atoms with van der Waals surface area (Å²) in [7, 11) is 0. The lowest BCUT2D eigenvalue weighted by Gasteiger charge is -2.33. The van der Waals surface area contributed by atoms with E-state index in [1.54, 1.807) is 23.2 Å². The van der Waals surface area contributed by atoms with E-state index < -0.39 is 17.7 Å². The van der Waals surface area contributed by atoms with Crippen LogP contribution in [0.4, 0.5) is 18.9 Å². The molecular weight excluding hydrogens is 529 g/mol. The van der Waals surface area contributed by atoms with E-state index in [1.807, 2.05) is 19.1 Å². The molecule has 41 heavy (non-hydrogen) atoms. The summed E-state index contributed by atoms with van der Waals surface area (Å²) < 4.78 is 38.6. The van der Waals surface area contributed by atoms with Gasteiger partial charge in [0.1, 0.15) is 5.75 Å². The molecule has 9 heteroatoms. The van der Waals surface area contributed by atoms with E-state index in [4.69, 9.17) is 5.41 Å². The van der Waals surface area contributed by atoms with Crippen LogP contribution in [0.2, 0.25) is 0 Å². The highest BCUT2D eigenvalue weighted by atomic mass is 19.4. The predicted molar refractivity (Wildman–Crippen MR) is 155 cm³/mol. The number of phenols is 1. The number of amides is 1. The molecule has 4 rings (SSSR count). The molecule has 0 bridgehead atoms. The number of alkyl halides is 3. The molecule has 1 heterocycles. The number of aromatic hydroxyl groups is 1. The van der Waals surface area contributed by atoms with E-state index in [1.165, 1.54) is 18.3 Å². The summed E-state index contributed by atoms with van der Waals surface area (Å²) in [5.41, 5.74) is 4.22. The number of hydrogen-bond acceptors (Lipinski definition) is 5. The molecule has 0 radical (unpaired) electrons. The molecule has 1 aliphatic carbocycles. The molecule has 1 aliphatic rings. The highest BCUT2D eigenvalue weighted by Crippen LogP contribution is 2.38. The predicted octanol–water partition coefficient (Wildman–Crippen LogP) is 6.75. The van der Waals surface area contributed by atoms with E-state index in [-0.39, 0.29) is 30.0 Å². The monoisotopic (exact) mass is 566 g/mol. The lowest BCUT2D eigenvalue weighted by Crippen LogP contribution is -2.42. The average Bonchev–Trinajstić information content (AvgIpc) is 2.94. The molecule has 1 amide bonds. The van der Waals surface area contributed by atoms with Gasteiger partial charge in [0, 0.05) is 37.5 Å². The van der Waals surface area contributed by atoms with Crippen molar-refractivity contribution in [1.82, 2.24) is 10.3 Å². The third kappa shape index (κ3) is 7.14. The van der Waals surface area contributed by atoms with Crippen LogP contribution in [-0.4, -0.2) is 35.3 Å². The van der Waals surface area contributed by atoms with Crippen LogP contribution in [0.25, 0.3) is 0 Å². The third-order valence-corrected chi connectivity index (χ3v) is 7.68. The molecule has 3 aromatic rings. The second-order valence-electron chi connectivity index (χ2n) is 11.0. The van der Waals surface area contributed by atoms with Crippen molar-refractivity contribution in [3.63, 3.8) is 0 Å². The van der Waals surface area contributed by atoms with Gasteiger partial charge in [-0.1, -0.05) is 38.1 Å². The summed E-state index contributed by atoms with van der Waals surface area (Å²) in [6, 6.07) is 12.3. The number of nitrogens with zero attached hydrogens (tertiary/aromatic N) is 2. The fraction of sp³-hybridized carbons (Fsp3) is 0.406. The van der Waals surface area contributed by atoms with Crippen LogP contribution in [-0.2, 0) is 23.9 Å². The fourth-order valence-electron chi connectivity index (χ4n) is 5.54. The Labute approximate surface area is 239 Å². The van der Waals surface area contributed by atoms with Gasteiger partial charge in [0.2, 0.25) is 5.91 Å². The second-order valence-corrected chi connectivity index (χ2v) is 11.0. The molecule has 1 aromatic heterocycles. The highest BCUT2D eigenvalue weighted by Gasteiger charge is 2.33. The quantitative estimate of drug-likeness (QED) is 0.237. The molecule has 0 saturated carbocycles. The smallest absolute Gasteiger partial charge is 0.416 e. The first-order chi connectivity index (χ1) is 19.5. The summed E-state index contributed by atoms with van der Waals surface area (Å²) in [5.74, 6) is -0.460. The number of halogens is 3. The van der Waals surface area contributed by atoms with Crippen LogP contribution < -0.4 is 10.2 Å². The number of carbonyl (C=O) groups excluding carboxylic acids is 1. The summed E-state index contributed by atoms with van der Waals surface area (Å²) in [6.45, 7) is 7.02. The van der Waals surface area contributed by atoms with Gasteiger partial charge in [-0.25, -0.2) is 0 Å². The van der Waals surface area contributed by atoms with E-state index in [0.29, 0.717) is 37.2 Å². The first-order valence-electron chi connectivity index (χ1n) is 14.0. The maximum Gasteiger partial charge on any atom is 0.416 e. The SMILES string of the molecule is Cc1cc(N(CC(C=N)CNCc2ccc(C(F)(F)F)cc2)C(=O)C2CCCc3c(O)cccc32)cnc1C(C)C. The number of carbonyl (C=O) groups is 1. The van der Waals surface area contributed by atoms with Gasteiger partial charge in [-0.15, -0.1) is 0 Å². The number of fused-ring (bicyclic) bond motifs is 1. The number of rotatable bonds is 10. The van der Waals surface area contributed by atoms with Crippen LogP contribution in [0.5, 0.6) is 5.75 Å². The molecule has 0 saturated heterocycles. The van der Waals surface area contributed by atoms with Crippen molar-refractivity contribution in [2.24, 2.45) is 5.92 Å². The number of phenolic OH excluding ortho intramolecular Hbond substituents is 1. The molecule has 0 spiro atoms. The maximum atomic E-state index is 14.2. The first kappa shape index (κ1) is 30.2. The molecule has 218 valence electrons. The van der Waals surface area contributed by atoms with Crippen molar-refractivity contribution in [3.8, 4) is 5.75 Å². The Hall–Kier alpha value is -3.72. The van der Waals surface area contributed by atoms with E-state index in [0.717, 1.165) is 40.9 Å². The zero-order chi connectivity index (χ0) is 29.7. The lowest BCUT2D eigenvalue weighted by atomic mass is 9.81. The molecule has 2 unspecified atom stereocenters. The van der Waals surface area contributed by atoms with E-state index in [2.05, 4.69) is 24.1 Å². The lowest BCUT2D eigenvalue weighted by molar-refractivity contribution is -0.137. The number of aromatic nitrogens is 1. The topological polar surface area (TPSA) is 89.3 Å². The Kier molecular flexibility index (Phi) is 9.48. The van der Waals surface area contributed by atoms with Gasteiger partial charge in [-0.2, -0.15) is 13.2 Å². The van der Waals surface area contributed by atoms with Gasteiger partial charge < -0.3 is 20.7 Å². The fourth-order valence-corrected chi connectivity index (χ4v) is 5.54. The van der Waals surface area contributed by atoms with Gasteiger partial charge in [0.25, 0.3) is 0 Å². The molecular formula is C32H37F3N4O2. The van der Waals surface area contributed by atoms with Crippen molar-refractivity contribution < 1.29 is 23.1 Å². The summed E-state index contributed by atoms with van der Waals surface area (Å²) in [5, 5.41) is 21.7. The Morgan fingerprint density at radius 2 is 1.95 bits per heavy atom. The largest absolute Gasteiger partial charge is 0.508 e. The van der Waals surface area contributed by atoms with Gasteiger partial charge in [0.05, 0.1) is 23.4 Å². The van der Waals surface area contributed by atoms with Crippen molar-refractivity contribution in [1.29, 1.82) is 5.41 Å². The number of anilines is 1. The maximum absolute atomic E-state index is 14.2. The average molecular weight is 567 g/mol. The van der Waals surface area contributed by atoms with Crippen molar-refractivity contribution in [2.45, 2.75) is 64.6 Å². The number of pyridine rings is 1. The van der Waals surface area contributed by atoms with Gasteiger partial charge >= 0.3 is 6.18 Å². The van der Waals surface area contributed by atoms with Crippen LogP contribution in [0.1, 0.15) is 72.0 Å². The molecule has 0 fully saturated rings. The second kappa shape index (κ2) is 12.9. The number of hydrogen-bond donors (Lipinski definition) is 3. The van der Waals surface area contributed by atoms with E-state index in [9.17, 15) is 23.1 Å². The Balaban J connectivity index is 1.55. The minimum atomic E-state index is -4.38. The zero-order valence-corrected chi connectivity index (χ0v) is 23.6. The van der Waals surface area contributed by atoms with E-state index >= 15 is 0 Å². The normalized spacial score (nSPS) is 15.8. The molecule has 2 aromatic carbocycles. The molecule has 3 N–H and O–H groups in total. The number of benzene rings is 2. The summed E-state index contributed by atoms with van der Waals surface area (Å²) in [6.07, 6.45) is 0.773. The number of nitrogens with one attached hydrogen (secondary N) is 2. The Bertz CT molecular complexity index is 1370. The first-order valence-corrected chi connectivity index (χ1v) is 14.0. The molecule has 6 nitrogen and oxygen atoms in total. The van der Waals surface area contributed by atoms with Crippen molar-refractivity contribution in [3.05, 3.63) is 88.2 Å². The van der Waals surface area contributed by atoms with Crippen LogP contribution in [0.15, 0.2) is 54.7 Å². The number of aryl methyl sites for hydroxylation is 1. The Morgan fingerprint density at radius 1 is 1.22 bits per heavy atom. The minimum Gasteiger partial charge on any atom is -0.508 e. The summed E-state index contributed by atoms with van der Waals surface area (Å²) >= 11 is 0. The van der Waals surface area contributed by atoms with Gasteiger partial charge in [0.15, 0.2) is 0 Å². The minimum absolute atomic E-state index is 0.107. The van der Waals surface area contributed by atoms with Crippen molar-refractivity contribution >= 4 is 17.8 Å². The standard InChI is InChI=1S/C32H37F3N4O2/c1-20(2)30-21(3)14-25(18-38-30)39(31(41)28-8-4-7-27-26(28)6-5-9-29(27)40)19-23(15-36)17-37-16-22-10-12-24(13-11-22)32(33,34)35/h5-6,9-15,18,20,23,28,36-37,40H,4,7-8,16-17,19H2,1-3H3. The third-order valence-electron chi connectivity index (χ3n) is 7.68. The van der Waals surface area contributed by atoms with Crippen LogP contribution in [0, 0.1) is 18.3 Å². The van der Waals surface area contributed by atoms with Crippen LogP contribution >= 0.6 is 0 Å². The van der Waals surface area contributed by atoms with Crippen LogP contribution in [0.3, 0.4) is 0 Å². The highest BCUT2D eigenvalue weighted by molar-refractivity contribution is 5.99. The molecule has 2 atom stereocenters. The van der Waals surface area contributed by atoms with Crippen molar-refractivity contribution in [2.75, 3.05) is 18.0 Å². The summed E-state index contributed by atoms with van der Waals surface area (Å²) in [4.78, 5) is 20.5. The van der Waals surface area contributed by atoms with Gasteiger partial charge in [-0.05, 0) is 78.6 Å². The Morgan fingerprint density at radius 3 is 2.59 bits per heavy atom.